The third kappa shape index (κ3) is 2.12. The molecule has 0 spiro atoms. The van der Waals surface area contributed by atoms with Crippen molar-refractivity contribution in [2.75, 3.05) is 6.54 Å². The van der Waals surface area contributed by atoms with E-state index in [4.69, 9.17) is 5.73 Å². The highest BCUT2D eigenvalue weighted by atomic mass is 19.4. The fourth-order valence-corrected chi connectivity index (χ4v) is 1.80. The van der Waals surface area contributed by atoms with E-state index in [-0.39, 0.29) is 5.52 Å². The average Bonchev–Trinajstić information content (AvgIpc) is 2.60. The van der Waals surface area contributed by atoms with Crippen LogP contribution in [0.5, 0.6) is 0 Å². The van der Waals surface area contributed by atoms with Gasteiger partial charge in [-0.1, -0.05) is 0 Å². The molecule has 0 saturated heterocycles. The molecule has 2 aromatic rings. The van der Waals surface area contributed by atoms with Gasteiger partial charge in [0.1, 0.15) is 11.9 Å². The molecule has 2 rings (SSSR count). The summed E-state index contributed by atoms with van der Waals surface area (Å²) < 4.78 is 52.1. The Balaban J connectivity index is 2.58. The van der Waals surface area contributed by atoms with Crippen molar-refractivity contribution in [3.63, 3.8) is 0 Å². The molecule has 2 nitrogen and oxygen atoms in total. The largest absolute Gasteiger partial charge is 0.410 e. The highest BCUT2D eigenvalue weighted by molar-refractivity contribution is 5.80. The number of rotatable bonds is 2. The van der Waals surface area contributed by atoms with E-state index in [2.05, 4.69) is 0 Å². The number of aromatic nitrogens is 1. The maximum absolute atomic E-state index is 13.0. The van der Waals surface area contributed by atoms with Crippen molar-refractivity contribution in [1.29, 1.82) is 0 Å². The first kappa shape index (κ1) is 11.9. The maximum Gasteiger partial charge on any atom is 0.410 e. The van der Waals surface area contributed by atoms with E-state index in [9.17, 15) is 17.6 Å². The third-order valence-corrected chi connectivity index (χ3v) is 2.62. The predicted molar refractivity (Wildman–Crippen MR) is 56.0 cm³/mol. The van der Waals surface area contributed by atoms with E-state index in [0.29, 0.717) is 5.39 Å². The number of nitrogens with zero attached hydrogens (tertiary/aromatic N) is 1. The van der Waals surface area contributed by atoms with Gasteiger partial charge in [0.2, 0.25) is 0 Å². The first-order valence-corrected chi connectivity index (χ1v) is 4.96. The van der Waals surface area contributed by atoms with Gasteiger partial charge in [0.15, 0.2) is 0 Å². The molecule has 1 atom stereocenters. The van der Waals surface area contributed by atoms with Crippen LogP contribution in [0.3, 0.4) is 0 Å². The minimum absolute atomic E-state index is 0.192. The zero-order valence-corrected chi connectivity index (χ0v) is 8.71. The summed E-state index contributed by atoms with van der Waals surface area (Å²) in [5.74, 6) is -0.574. The number of alkyl halides is 3. The van der Waals surface area contributed by atoms with Crippen molar-refractivity contribution >= 4 is 10.9 Å². The number of hydrogen-bond donors (Lipinski definition) is 1. The molecule has 0 aliphatic heterocycles. The van der Waals surface area contributed by atoms with E-state index >= 15 is 0 Å². The van der Waals surface area contributed by atoms with Crippen molar-refractivity contribution in [2.45, 2.75) is 12.2 Å². The van der Waals surface area contributed by atoms with Crippen LogP contribution in [0.1, 0.15) is 6.04 Å². The number of fused-ring (bicyclic) bond motifs is 1. The summed E-state index contributed by atoms with van der Waals surface area (Å²) in [7, 11) is 0. The third-order valence-electron chi connectivity index (χ3n) is 2.62. The van der Waals surface area contributed by atoms with E-state index < -0.39 is 24.6 Å². The number of benzene rings is 1. The Hall–Kier alpha value is -1.56. The summed E-state index contributed by atoms with van der Waals surface area (Å²) in [6.45, 7) is -0.580. The molecular weight excluding hydrogens is 236 g/mol. The molecule has 1 aromatic heterocycles. The number of halogens is 4. The summed E-state index contributed by atoms with van der Waals surface area (Å²) in [5.41, 5.74) is 5.34. The van der Waals surface area contributed by atoms with Crippen LogP contribution in [-0.4, -0.2) is 17.3 Å². The molecule has 92 valence electrons. The Kier molecular flexibility index (Phi) is 2.82. The molecule has 0 aliphatic carbocycles. The lowest BCUT2D eigenvalue weighted by molar-refractivity contribution is -0.164. The molecule has 1 aromatic carbocycles. The fraction of sp³-hybridized carbons (Fsp3) is 0.273. The molecule has 0 aliphatic rings. The first-order valence-electron chi connectivity index (χ1n) is 4.96. The standard InChI is InChI=1S/C11H10F4N2/c12-8-2-1-7-3-4-17(9(7)5-8)10(6-16)11(13,14)15/h1-5,10H,6,16H2. The Labute approximate surface area is 94.6 Å². The summed E-state index contributed by atoms with van der Waals surface area (Å²) >= 11 is 0. The van der Waals surface area contributed by atoms with Gasteiger partial charge < -0.3 is 10.3 Å². The fourth-order valence-electron chi connectivity index (χ4n) is 1.80. The van der Waals surface area contributed by atoms with Crippen molar-refractivity contribution in [3.8, 4) is 0 Å². The van der Waals surface area contributed by atoms with Crippen molar-refractivity contribution in [1.82, 2.24) is 4.57 Å². The Bertz CT molecular complexity index is 530. The van der Waals surface area contributed by atoms with Gasteiger partial charge in [-0.3, -0.25) is 0 Å². The molecule has 2 N–H and O–H groups in total. The highest BCUT2D eigenvalue weighted by Crippen LogP contribution is 2.32. The second-order valence-corrected chi connectivity index (χ2v) is 3.72. The van der Waals surface area contributed by atoms with Gasteiger partial charge in [0.25, 0.3) is 0 Å². The minimum Gasteiger partial charge on any atom is -0.334 e. The molecule has 17 heavy (non-hydrogen) atoms. The molecule has 0 bridgehead atoms. The van der Waals surface area contributed by atoms with Gasteiger partial charge in [-0.2, -0.15) is 13.2 Å². The van der Waals surface area contributed by atoms with E-state index in [1.54, 1.807) is 0 Å². The maximum atomic E-state index is 13.0. The SMILES string of the molecule is NCC(n1ccc2ccc(F)cc21)C(F)(F)F. The van der Waals surface area contributed by atoms with Crippen molar-refractivity contribution in [3.05, 3.63) is 36.3 Å². The van der Waals surface area contributed by atoms with Gasteiger partial charge in [-0.15, -0.1) is 0 Å². The summed E-state index contributed by atoms with van der Waals surface area (Å²) in [4.78, 5) is 0. The Morgan fingerprint density at radius 2 is 1.94 bits per heavy atom. The van der Waals surface area contributed by atoms with Crippen LogP contribution in [0.2, 0.25) is 0 Å². The molecule has 6 heteroatoms. The number of hydrogen-bond acceptors (Lipinski definition) is 1. The summed E-state index contributed by atoms with van der Waals surface area (Å²) in [6.07, 6.45) is -3.18. The smallest absolute Gasteiger partial charge is 0.334 e. The zero-order chi connectivity index (χ0) is 12.6. The van der Waals surface area contributed by atoms with Crippen LogP contribution in [0.4, 0.5) is 17.6 Å². The lowest BCUT2D eigenvalue weighted by Gasteiger charge is -2.21. The van der Waals surface area contributed by atoms with Gasteiger partial charge in [0, 0.05) is 12.7 Å². The lowest BCUT2D eigenvalue weighted by atomic mass is 10.2. The average molecular weight is 246 g/mol. The van der Waals surface area contributed by atoms with Crippen LogP contribution >= 0.6 is 0 Å². The predicted octanol–water partition coefficient (Wildman–Crippen LogP) is 2.84. The minimum atomic E-state index is -4.45. The molecule has 0 fully saturated rings. The summed E-state index contributed by atoms with van der Waals surface area (Å²) in [6, 6.07) is 3.39. The second-order valence-electron chi connectivity index (χ2n) is 3.72. The van der Waals surface area contributed by atoms with E-state index in [0.717, 1.165) is 10.6 Å². The van der Waals surface area contributed by atoms with Crippen LogP contribution < -0.4 is 5.73 Å². The van der Waals surface area contributed by atoms with Crippen LogP contribution in [0.15, 0.2) is 30.5 Å². The van der Waals surface area contributed by atoms with Crippen LogP contribution in [0, 0.1) is 5.82 Å². The molecule has 1 unspecified atom stereocenters. The lowest BCUT2D eigenvalue weighted by Crippen LogP contribution is -2.32. The second kappa shape index (κ2) is 4.03. The Morgan fingerprint density at radius 3 is 2.53 bits per heavy atom. The van der Waals surface area contributed by atoms with Gasteiger partial charge in [0.05, 0.1) is 5.52 Å². The van der Waals surface area contributed by atoms with Gasteiger partial charge in [-0.05, 0) is 29.7 Å². The molecular formula is C11H10F4N2. The molecule has 0 radical (unpaired) electrons. The van der Waals surface area contributed by atoms with E-state index in [1.165, 1.54) is 24.4 Å². The topological polar surface area (TPSA) is 30.9 Å². The first-order chi connectivity index (χ1) is 7.93. The summed E-state index contributed by atoms with van der Waals surface area (Å²) in [5, 5.41) is 0.550. The van der Waals surface area contributed by atoms with Crippen molar-refractivity contribution in [2.24, 2.45) is 5.73 Å². The zero-order valence-electron chi connectivity index (χ0n) is 8.71. The normalized spacial score (nSPS) is 14.2. The molecule has 1 heterocycles. The quantitative estimate of drug-likeness (QED) is 0.811. The monoisotopic (exact) mass is 246 g/mol. The van der Waals surface area contributed by atoms with Crippen molar-refractivity contribution < 1.29 is 17.6 Å². The highest BCUT2D eigenvalue weighted by Gasteiger charge is 2.40. The molecule has 0 saturated carbocycles. The van der Waals surface area contributed by atoms with Gasteiger partial charge >= 0.3 is 6.18 Å². The van der Waals surface area contributed by atoms with Crippen LogP contribution in [0.25, 0.3) is 10.9 Å². The Morgan fingerprint density at radius 1 is 1.24 bits per heavy atom. The molecule has 0 amide bonds. The van der Waals surface area contributed by atoms with E-state index in [1.807, 2.05) is 0 Å². The van der Waals surface area contributed by atoms with Gasteiger partial charge in [-0.25, -0.2) is 4.39 Å². The number of nitrogens with two attached hydrogens (primary N) is 1. The van der Waals surface area contributed by atoms with Crippen LogP contribution in [-0.2, 0) is 0 Å².